The highest BCUT2D eigenvalue weighted by Gasteiger charge is 2.43. The molecule has 3 aliphatic rings. The van der Waals surface area contributed by atoms with E-state index in [-0.39, 0.29) is 56.5 Å². The summed E-state index contributed by atoms with van der Waals surface area (Å²) in [7, 11) is 1.28. The zero-order valence-electron chi connectivity index (χ0n) is 39.1. The van der Waals surface area contributed by atoms with Gasteiger partial charge >= 0.3 is 5.97 Å². The summed E-state index contributed by atoms with van der Waals surface area (Å²) in [5, 5.41) is 13.3. The summed E-state index contributed by atoms with van der Waals surface area (Å²) in [6.45, 7) is 3.16. The van der Waals surface area contributed by atoms with Crippen molar-refractivity contribution >= 4 is 62.2 Å². The number of methoxy groups -OCH3 is 1. The first-order valence-electron chi connectivity index (χ1n) is 23.0. The van der Waals surface area contributed by atoms with Crippen molar-refractivity contribution in [1.29, 1.82) is 0 Å². The van der Waals surface area contributed by atoms with Gasteiger partial charge in [0.1, 0.15) is 23.1 Å². The van der Waals surface area contributed by atoms with Crippen LogP contribution in [-0.2, 0) is 20.7 Å². The minimum absolute atomic E-state index is 0.147. The van der Waals surface area contributed by atoms with Crippen LogP contribution >= 0.6 is 0 Å². The number of esters is 1. The van der Waals surface area contributed by atoms with Crippen molar-refractivity contribution in [1.82, 2.24) is 29.9 Å². The van der Waals surface area contributed by atoms with Gasteiger partial charge in [-0.3, -0.25) is 29.5 Å². The number of fused-ring (bicyclic) bond motifs is 3. The molecule has 11 rings (SSSR count). The fraction of sp³-hybridized carbons (Fsp3) is 0.241. The highest BCUT2D eigenvalue weighted by atomic mass is 19.3. The lowest BCUT2D eigenvalue weighted by molar-refractivity contribution is -0.145. The van der Waals surface area contributed by atoms with E-state index in [0.717, 1.165) is 44.1 Å². The maximum Gasteiger partial charge on any atom is 0.320 e. The number of hydrogen-bond acceptors (Lipinski definition) is 11. The summed E-state index contributed by atoms with van der Waals surface area (Å²) < 4.78 is 61.1. The van der Waals surface area contributed by atoms with Crippen molar-refractivity contribution in [3.63, 3.8) is 0 Å². The number of H-pyrrole nitrogens is 1. The molecule has 2 fully saturated rings. The van der Waals surface area contributed by atoms with Crippen LogP contribution in [0.1, 0.15) is 54.2 Å². The number of halogens is 4. The van der Waals surface area contributed by atoms with Gasteiger partial charge in [0.05, 0.1) is 48.3 Å². The molecule has 3 N–H and O–H groups in total. The fourth-order valence-electron chi connectivity index (χ4n) is 9.38. The van der Waals surface area contributed by atoms with E-state index >= 15 is 0 Å². The molecule has 71 heavy (non-hydrogen) atoms. The second kappa shape index (κ2) is 19.7. The van der Waals surface area contributed by atoms with Gasteiger partial charge in [-0.05, 0) is 61.4 Å². The topological polar surface area (TPSA) is 165 Å². The Hall–Kier alpha value is -8.21. The molecule has 0 amide bonds. The molecule has 4 aromatic carbocycles. The summed E-state index contributed by atoms with van der Waals surface area (Å²) in [6.07, 6.45) is 3.55. The van der Waals surface area contributed by atoms with E-state index in [1.165, 1.54) is 18.7 Å². The van der Waals surface area contributed by atoms with Crippen LogP contribution in [0.2, 0.25) is 0 Å². The summed E-state index contributed by atoms with van der Waals surface area (Å²) in [5.41, 5.74) is 15.3. The van der Waals surface area contributed by atoms with Gasteiger partial charge in [-0.25, -0.2) is 17.6 Å². The smallest absolute Gasteiger partial charge is 0.320 e. The number of ether oxygens (including phenoxy) is 1. The van der Waals surface area contributed by atoms with Crippen molar-refractivity contribution in [2.75, 3.05) is 48.8 Å². The molecule has 4 aromatic heterocycles. The standard InChI is InChI=1S/C27H22F2N4O.C14H13NO3.C13H14F2N4/c1-17-14-22-25(32-13-11-27(28,29)16-32)24(18-6-3-2-4-7-18)31-33(22)26(34)23(17)20-9-10-21-19(15-20)8-5-12-30-21;1-9(16)13(14(17)18-2)11-5-6-12-10(8-11)4-3-7-15-12;14-13(15)6-7-19(8-13)11-10(17-18-12(11)16)9-4-2-1-3-5-9/h2-10,12,15H,11,13-14,16H2,1H3;3-8,13H,1-2H3;1-5H,6-8H2,(H3,16,17,18). The van der Waals surface area contributed by atoms with Gasteiger partial charge in [0.15, 0.2) is 5.82 Å². The molecule has 1 atom stereocenters. The van der Waals surface area contributed by atoms with E-state index in [4.69, 9.17) is 10.8 Å². The second-order valence-corrected chi connectivity index (χ2v) is 17.7. The molecule has 7 heterocycles. The number of anilines is 3. The number of allylic oxidation sites excluding steroid dienone is 2. The number of carbonyl (C=O) groups is 3. The number of aromatic amines is 1. The van der Waals surface area contributed by atoms with Gasteiger partial charge < -0.3 is 20.3 Å². The number of ketones is 1. The van der Waals surface area contributed by atoms with E-state index in [2.05, 4.69) is 24.9 Å². The summed E-state index contributed by atoms with van der Waals surface area (Å²) >= 11 is 0. The zero-order valence-corrected chi connectivity index (χ0v) is 39.1. The molecule has 362 valence electrons. The number of carbonyl (C=O) groups excluding carboxylic acids is 3. The van der Waals surface area contributed by atoms with Crippen LogP contribution < -0.4 is 15.5 Å². The number of aromatic nitrogens is 6. The zero-order chi connectivity index (χ0) is 50.0. The number of Topliss-reactive ketones (excluding diaryl/α,β-unsaturated/α-hetero) is 1. The van der Waals surface area contributed by atoms with E-state index < -0.39 is 23.7 Å². The first-order chi connectivity index (χ1) is 34.1. The maximum absolute atomic E-state index is 14.2. The number of rotatable bonds is 8. The number of alkyl halides is 4. The van der Waals surface area contributed by atoms with Crippen LogP contribution in [0, 0.1) is 0 Å². The highest BCUT2D eigenvalue weighted by Crippen LogP contribution is 2.43. The van der Waals surface area contributed by atoms with Crippen LogP contribution in [0.25, 0.3) is 49.9 Å². The van der Waals surface area contributed by atoms with E-state index in [9.17, 15) is 31.9 Å². The lowest BCUT2D eigenvalue weighted by Crippen LogP contribution is -2.28. The number of nitrogen functional groups attached to an aromatic ring is 1. The third kappa shape index (κ3) is 9.98. The van der Waals surface area contributed by atoms with Gasteiger partial charge in [0, 0.05) is 72.2 Å². The molecule has 0 aliphatic carbocycles. The number of nitrogens with one attached hydrogen (secondary N) is 1. The number of pyridine rings is 2. The molecule has 3 aliphatic heterocycles. The molecule has 1 unspecified atom stereocenters. The Labute approximate surface area is 406 Å². The van der Waals surface area contributed by atoms with Crippen molar-refractivity contribution in [3.05, 3.63) is 156 Å². The molecule has 0 spiro atoms. The van der Waals surface area contributed by atoms with Crippen LogP contribution in [0.3, 0.4) is 0 Å². The molecule has 0 bridgehead atoms. The molecule has 2 saturated heterocycles. The summed E-state index contributed by atoms with van der Waals surface area (Å²) in [4.78, 5) is 48.8. The Kier molecular flexibility index (Phi) is 13.2. The minimum Gasteiger partial charge on any atom is -0.468 e. The Morgan fingerprint density at radius 2 is 1.31 bits per heavy atom. The molecule has 17 heteroatoms. The predicted molar refractivity (Wildman–Crippen MR) is 266 cm³/mol. The quantitative estimate of drug-likeness (QED) is 0.0846. The van der Waals surface area contributed by atoms with Gasteiger partial charge in [-0.1, -0.05) is 90.5 Å². The first-order valence-corrected chi connectivity index (χ1v) is 23.0. The molecule has 13 nitrogen and oxygen atoms in total. The van der Waals surface area contributed by atoms with Crippen molar-refractivity contribution in [3.8, 4) is 22.5 Å². The number of benzene rings is 4. The fourth-order valence-corrected chi connectivity index (χ4v) is 9.38. The molecular weight excluding hydrogens is 915 g/mol. The average molecular weight is 964 g/mol. The third-order valence-electron chi connectivity index (χ3n) is 12.8. The first kappa shape index (κ1) is 47.8. The largest absolute Gasteiger partial charge is 0.468 e. The minimum atomic E-state index is -2.75. The predicted octanol–water partition coefficient (Wildman–Crippen LogP) is 10.2. The van der Waals surface area contributed by atoms with Crippen molar-refractivity contribution in [2.24, 2.45) is 0 Å². The van der Waals surface area contributed by atoms with Gasteiger partial charge in [-0.2, -0.15) is 14.9 Å². The Morgan fingerprint density at radius 3 is 1.89 bits per heavy atom. The van der Waals surface area contributed by atoms with E-state index in [0.29, 0.717) is 46.0 Å². The van der Waals surface area contributed by atoms with Gasteiger partial charge in [0.25, 0.3) is 17.8 Å². The molecule has 0 radical (unpaired) electrons. The monoisotopic (exact) mass is 963 g/mol. The van der Waals surface area contributed by atoms with Crippen LogP contribution in [0.15, 0.2) is 139 Å². The lowest BCUT2D eigenvalue weighted by Gasteiger charge is -2.24. The van der Waals surface area contributed by atoms with E-state index in [1.54, 1.807) is 40.4 Å². The number of nitrogens with two attached hydrogens (primary N) is 1. The van der Waals surface area contributed by atoms with Crippen LogP contribution in [-0.4, -0.2) is 92.7 Å². The van der Waals surface area contributed by atoms with Crippen molar-refractivity contribution in [2.45, 2.75) is 50.9 Å². The summed E-state index contributed by atoms with van der Waals surface area (Å²) in [5.74, 6) is -7.02. The van der Waals surface area contributed by atoms with Gasteiger partial charge in [-0.15, -0.1) is 0 Å². The molecule has 8 aromatic rings. The lowest BCUT2D eigenvalue weighted by atomic mass is 9.92. The average Bonchev–Trinajstić information content (AvgIpc) is 4.15. The highest BCUT2D eigenvalue weighted by molar-refractivity contribution is 6.23. The molecular formula is C54H49F4N9O4. The van der Waals surface area contributed by atoms with E-state index in [1.807, 2.05) is 110 Å². The third-order valence-corrected chi connectivity index (χ3v) is 12.8. The van der Waals surface area contributed by atoms with Crippen molar-refractivity contribution < 1.29 is 36.7 Å². The Morgan fingerprint density at radius 1 is 0.732 bits per heavy atom. The Balaban J connectivity index is 0.000000143. The Bertz CT molecular complexity index is 3320. The number of nitrogens with zero attached hydrogens (tertiary/aromatic N) is 7. The number of hydrogen-bond donors (Lipinski definition) is 2. The van der Waals surface area contributed by atoms with Crippen LogP contribution in [0.5, 0.6) is 0 Å². The van der Waals surface area contributed by atoms with Crippen LogP contribution in [0.4, 0.5) is 34.8 Å². The van der Waals surface area contributed by atoms with Gasteiger partial charge in [0.2, 0.25) is 0 Å². The molecule has 0 saturated carbocycles. The maximum atomic E-state index is 14.2. The summed E-state index contributed by atoms with van der Waals surface area (Å²) in [6, 6.07) is 37.5. The second-order valence-electron chi connectivity index (χ2n) is 17.7. The normalized spacial score (nSPS) is 16.2. The SMILES string of the molecule is CC1=C(c2ccc3ncccc3c2)C(=O)n2nc(-c3ccccc3)c(N3CCC(F)(F)C3)c2C1.COC(=O)C(C(C)=O)c1ccc2ncccc2c1.Nc1n[nH]c(-c2ccccc2)c1N1CCC(F)(F)C1.